The molecule has 0 atom stereocenters. The van der Waals surface area contributed by atoms with E-state index < -0.39 is 0 Å². The van der Waals surface area contributed by atoms with Crippen molar-refractivity contribution < 1.29 is 9.53 Å². The lowest BCUT2D eigenvalue weighted by Gasteiger charge is -2.34. The summed E-state index contributed by atoms with van der Waals surface area (Å²) in [4.78, 5) is 18.3. The average molecular weight is 346 g/mol. The van der Waals surface area contributed by atoms with Crippen LogP contribution in [0.2, 0.25) is 0 Å². The third kappa shape index (κ3) is 6.38. The monoisotopic (exact) mass is 346 g/mol. The number of amides is 1. The minimum absolute atomic E-state index is 0.0637. The van der Waals surface area contributed by atoms with Crippen LogP contribution in [0.25, 0.3) is 0 Å². The summed E-state index contributed by atoms with van der Waals surface area (Å²) in [5.74, 6) is 0.883. The molecule has 1 aromatic rings. The zero-order chi connectivity index (χ0) is 18.1. The minimum atomic E-state index is -0.0637. The predicted molar refractivity (Wildman–Crippen MR) is 102 cm³/mol. The van der Waals surface area contributed by atoms with Gasteiger partial charge in [0.1, 0.15) is 0 Å². The third-order valence-electron chi connectivity index (χ3n) is 4.14. The number of hydrogen-bond donors (Lipinski definition) is 2. The molecule has 1 amide bonds. The van der Waals surface area contributed by atoms with Gasteiger partial charge < -0.3 is 20.3 Å². The van der Waals surface area contributed by atoms with E-state index in [1.54, 1.807) is 0 Å². The second-order valence-corrected chi connectivity index (χ2v) is 6.19. The van der Waals surface area contributed by atoms with Crippen molar-refractivity contribution in [2.75, 3.05) is 31.6 Å². The number of nitrogens with one attached hydrogen (secondary N) is 2. The number of likely N-dealkylation sites (tertiary alicyclic amines) is 1. The van der Waals surface area contributed by atoms with Gasteiger partial charge in [-0.3, -0.25) is 4.79 Å². The van der Waals surface area contributed by atoms with Gasteiger partial charge in [-0.15, -0.1) is 0 Å². The molecule has 2 N–H and O–H groups in total. The number of ether oxygens (including phenoxy) is 1. The fourth-order valence-corrected chi connectivity index (χ4v) is 3.01. The van der Waals surface area contributed by atoms with E-state index >= 15 is 0 Å². The van der Waals surface area contributed by atoms with Crippen LogP contribution in [0.3, 0.4) is 0 Å². The Balaban J connectivity index is 1.99. The smallest absolute Gasteiger partial charge is 0.221 e. The lowest BCUT2D eigenvalue weighted by Crippen LogP contribution is -2.47. The molecule has 0 radical (unpaired) electrons. The Morgan fingerprint density at radius 2 is 2.08 bits per heavy atom. The minimum Gasteiger partial charge on any atom is -0.378 e. The first kappa shape index (κ1) is 19.2. The summed E-state index contributed by atoms with van der Waals surface area (Å²) < 4.78 is 5.72. The molecule has 1 aliphatic heterocycles. The summed E-state index contributed by atoms with van der Waals surface area (Å²) in [5.41, 5.74) is 1.88. The second kappa shape index (κ2) is 10.0. The van der Waals surface area contributed by atoms with Crippen molar-refractivity contribution in [1.29, 1.82) is 0 Å². The van der Waals surface area contributed by atoms with Crippen molar-refractivity contribution in [2.24, 2.45) is 4.99 Å². The van der Waals surface area contributed by atoms with E-state index in [1.807, 2.05) is 31.2 Å². The Morgan fingerprint density at radius 3 is 2.72 bits per heavy atom. The molecule has 1 heterocycles. The van der Waals surface area contributed by atoms with E-state index in [4.69, 9.17) is 9.73 Å². The van der Waals surface area contributed by atoms with E-state index in [2.05, 4.69) is 22.5 Å². The molecule has 0 unspecified atom stereocenters. The molecule has 6 nitrogen and oxygen atoms in total. The Bertz CT molecular complexity index is 581. The van der Waals surface area contributed by atoms with Crippen molar-refractivity contribution in [3.8, 4) is 0 Å². The van der Waals surface area contributed by atoms with Crippen LogP contribution in [0, 0.1) is 0 Å². The molecule has 138 valence electrons. The molecular weight excluding hydrogens is 316 g/mol. The zero-order valence-electron chi connectivity index (χ0n) is 15.5. The van der Waals surface area contributed by atoms with Crippen molar-refractivity contribution in [1.82, 2.24) is 10.2 Å². The fraction of sp³-hybridized carbons (Fsp3) is 0.579. The number of carbonyl (C=O) groups excluding carboxylic acids is 1. The van der Waals surface area contributed by atoms with Crippen molar-refractivity contribution >= 4 is 17.6 Å². The lowest BCUT2D eigenvalue weighted by molar-refractivity contribution is -0.114. The molecule has 2 rings (SSSR count). The maximum absolute atomic E-state index is 11.2. The SMILES string of the molecule is CCNC(=NCc1cccc(NC(C)=O)c1)N1CCC(OCC)CC1. The van der Waals surface area contributed by atoms with Gasteiger partial charge in [-0.25, -0.2) is 4.99 Å². The summed E-state index contributed by atoms with van der Waals surface area (Å²) in [6.45, 7) is 9.78. The quantitative estimate of drug-likeness (QED) is 0.614. The number of rotatable bonds is 6. The highest BCUT2D eigenvalue weighted by molar-refractivity contribution is 5.88. The van der Waals surface area contributed by atoms with Crippen LogP contribution in [-0.4, -0.2) is 49.1 Å². The van der Waals surface area contributed by atoms with E-state index in [0.717, 1.165) is 56.3 Å². The molecule has 1 aliphatic rings. The summed E-state index contributed by atoms with van der Waals surface area (Å²) in [6, 6.07) is 7.82. The van der Waals surface area contributed by atoms with Gasteiger partial charge in [0.05, 0.1) is 12.6 Å². The van der Waals surface area contributed by atoms with Crippen LogP contribution < -0.4 is 10.6 Å². The van der Waals surface area contributed by atoms with Crippen LogP contribution >= 0.6 is 0 Å². The normalized spacial score (nSPS) is 16.0. The van der Waals surface area contributed by atoms with Gasteiger partial charge in [0.15, 0.2) is 5.96 Å². The molecule has 1 aromatic carbocycles. The standard InChI is InChI=1S/C19H30N4O2/c1-4-20-19(23-11-9-18(10-12-23)25-5-2)21-14-16-7-6-8-17(13-16)22-15(3)24/h6-8,13,18H,4-5,9-12,14H2,1-3H3,(H,20,21)(H,22,24). The molecule has 0 spiro atoms. The number of piperidine rings is 1. The van der Waals surface area contributed by atoms with Crippen molar-refractivity contribution in [3.63, 3.8) is 0 Å². The van der Waals surface area contributed by atoms with Crippen LogP contribution in [0.15, 0.2) is 29.3 Å². The van der Waals surface area contributed by atoms with Crippen LogP contribution in [0.4, 0.5) is 5.69 Å². The number of benzene rings is 1. The number of aliphatic imine (C=N–C) groups is 1. The van der Waals surface area contributed by atoms with Crippen LogP contribution in [-0.2, 0) is 16.1 Å². The summed E-state index contributed by atoms with van der Waals surface area (Å²) in [6.07, 6.45) is 2.45. The number of hydrogen-bond acceptors (Lipinski definition) is 3. The van der Waals surface area contributed by atoms with Gasteiger partial charge in [-0.05, 0) is 44.4 Å². The molecule has 25 heavy (non-hydrogen) atoms. The van der Waals surface area contributed by atoms with E-state index in [1.165, 1.54) is 6.92 Å². The fourth-order valence-electron chi connectivity index (χ4n) is 3.01. The number of nitrogens with zero attached hydrogens (tertiary/aromatic N) is 2. The largest absolute Gasteiger partial charge is 0.378 e. The number of anilines is 1. The van der Waals surface area contributed by atoms with Gasteiger partial charge in [0.25, 0.3) is 0 Å². The molecular formula is C19H30N4O2. The molecule has 0 saturated carbocycles. The highest BCUT2D eigenvalue weighted by Crippen LogP contribution is 2.15. The van der Waals surface area contributed by atoms with Gasteiger partial charge in [0.2, 0.25) is 5.91 Å². The van der Waals surface area contributed by atoms with Gasteiger partial charge >= 0.3 is 0 Å². The van der Waals surface area contributed by atoms with Crippen LogP contribution in [0.5, 0.6) is 0 Å². The first-order valence-electron chi connectivity index (χ1n) is 9.13. The van der Waals surface area contributed by atoms with E-state index in [-0.39, 0.29) is 5.91 Å². The van der Waals surface area contributed by atoms with Crippen molar-refractivity contribution in [2.45, 2.75) is 46.3 Å². The molecule has 0 bridgehead atoms. The Kier molecular flexibility index (Phi) is 7.73. The lowest BCUT2D eigenvalue weighted by atomic mass is 10.1. The van der Waals surface area contributed by atoms with Gasteiger partial charge in [0, 0.05) is 38.9 Å². The van der Waals surface area contributed by atoms with Crippen LogP contribution in [0.1, 0.15) is 39.2 Å². The van der Waals surface area contributed by atoms with Gasteiger partial charge in [-0.2, -0.15) is 0 Å². The Morgan fingerprint density at radius 1 is 1.32 bits per heavy atom. The highest BCUT2D eigenvalue weighted by atomic mass is 16.5. The maximum atomic E-state index is 11.2. The van der Waals surface area contributed by atoms with E-state index in [9.17, 15) is 4.79 Å². The topological polar surface area (TPSA) is 66.0 Å². The number of guanidine groups is 1. The summed E-state index contributed by atoms with van der Waals surface area (Å²) in [5, 5.41) is 6.19. The predicted octanol–water partition coefficient (Wildman–Crippen LogP) is 2.61. The Labute approximate surface area is 150 Å². The highest BCUT2D eigenvalue weighted by Gasteiger charge is 2.21. The summed E-state index contributed by atoms with van der Waals surface area (Å²) >= 11 is 0. The first-order valence-corrected chi connectivity index (χ1v) is 9.13. The maximum Gasteiger partial charge on any atom is 0.221 e. The number of carbonyl (C=O) groups is 1. The molecule has 1 fully saturated rings. The second-order valence-electron chi connectivity index (χ2n) is 6.19. The van der Waals surface area contributed by atoms with Crippen molar-refractivity contribution in [3.05, 3.63) is 29.8 Å². The van der Waals surface area contributed by atoms with E-state index in [0.29, 0.717) is 12.6 Å². The molecule has 1 saturated heterocycles. The summed E-state index contributed by atoms with van der Waals surface area (Å²) in [7, 11) is 0. The first-order chi connectivity index (χ1) is 12.1. The molecule has 6 heteroatoms. The zero-order valence-corrected chi connectivity index (χ0v) is 15.5. The van der Waals surface area contributed by atoms with Gasteiger partial charge in [-0.1, -0.05) is 12.1 Å². The molecule has 0 aliphatic carbocycles. The Hall–Kier alpha value is -2.08. The third-order valence-corrected chi connectivity index (χ3v) is 4.14. The molecule has 0 aromatic heterocycles. The average Bonchev–Trinajstić information content (AvgIpc) is 2.59.